The second kappa shape index (κ2) is 7.33. The van der Waals surface area contributed by atoms with Crippen LogP contribution in [0.1, 0.15) is 24.8 Å². The smallest absolute Gasteiger partial charge is 0.240 e. The normalized spacial score (nSPS) is 14.3. The molecule has 0 unspecified atom stereocenters. The van der Waals surface area contributed by atoms with E-state index in [1.807, 2.05) is 0 Å². The molecule has 1 fully saturated rings. The maximum absolute atomic E-state index is 13.1. The van der Waals surface area contributed by atoms with Gasteiger partial charge >= 0.3 is 0 Å². The lowest BCUT2D eigenvalue weighted by Gasteiger charge is -2.07. The predicted molar refractivity (Wildman–Crippen MR) is 93.1 cm³/mol. The number of benzene rings is 2. The molecule has 0 aromatic heterocycles. The van der Waals surface area contributed by atoms with Crippen molar-refractivity contribution in [2.24, 2.45) is 0 Å². The van der Waals surface area contributed by atoms with Crippen LogP contribution in [0.3, 0.4) is 0 Å². The molecule has 3 rings (SSSR count). The molecule has 0 aliphatic heterocycles. The van der Waals surface area contributed by atoms with Gasteiger partial charge in [-0.05, 0) is 55.2 Å². The van der Waals surface area contributed by atoms with Gasteiger partial charge in [-0.15, -0.1) is 0 Å². The summed E-state index contributed by atoms with van der Waals surface area (Å²) in [5.41, 5.74) is 1.28. The number of hydrogen-bond acceptors (Lipinski definition) is 3. The zero-order chi connectivity index (χ0) is 17.9. The standard InChI is InChI=1S/C18H19FN2O3S/c19-14-2-1-3-16(12-14)20-18(22)11-6-13-4-9-17(10-5-13)25(23,24)21-15-7-8-15/h1-5,9-10,12,15,21H,6-8,11H2,(H,20,22). The maximum Gasteiger partial charge on any atom is 0.240 e. The molecule has 1 aliphatic rings. The summed E-state index contributed by atoms with van der Waals surface area (Å²) < 4.78 is 39.9. The summed E-state index contributed by atoms with van der Waals surface area (Å²) in [4.78, 5) is 12.1. The molecule has 7 heteroatoms. The molecule has 25 heavy (non-hydrogen) atoms. The van der Waals surface area contributed by atoms with Crippen LogP contribution in [-0.4, -0.2) is 20.4 Å². The first-order valence-electron chi connectivity index (χ1n) is 8.09. The van der Waals surface area contributed by atoms with E-state index < -0.39 is 15.8 Å². The Bertz CT molecular complexity index is 862. The Morgan fingerprint density at radius 3 is 2.48 bits per heavy atom. The summed E-state index contributed by atoms with van der Waals surface area (Å²) >= 11 is 0. The highest BCUT2D eigenvalue weighted by Crippen LogP contribution is 2.22. The van der Waals surface area contributed by atoms with Gasteiger partial charge in [0.15, 0.2) is 0 Å². The number of carbonyl (C=O) groups excluding carboxylic acids is 1. The van der Waals surface area contributed by atoms with Crippen LogP contribution in [-0.2, 0) is 21.2 Å². The van der Waals surface area contributed by atoms with Crippen LogP contribution in [0.4, 0.5) is 10.1 Å². The van der Waals surface area contributed by atoms with Crippen LogP contribution in [0.25, 0.3) is 0 Å². The largest absolute Gasteiger partial charge is 0.326 e. The van der Waals surface area contributed by atoms with Gasteiger partial charge in [0, 0.05) is 18.2 Å². The van der Waals surface area contributed by atoms with Crippen molar-refractivity contribution < 1.29 is 17.6 Å². The number of nitrogens with one attached hydrogen (secondary N) is 2. The fourth-order valence-corrected chi connectivity index (χ4v) is 3.68. The number of anilines is 1. The van der Waals surface area contributed by atoms with Crippen molar-refractivity contribution >= 4 is 21.6 Å². The SMILES string of the molecule is O=C(CCc1ccc(S(=O)(=O)NC2CC2)cc1)Nc1cccc(F)c1. The first-order valence-corrected chi connectivity index (χ1v) is 9.57. The third-order valence-corrected chi connectivity index (χ3v) is 5.42. The Kier molecular flexibility index (Phi) is 5.15. The molecule has 0 bridgehead atoms. The number of aryl methyl sites for hydroxylation is 1. The summed E-state index contributed by atoms with van der Waals surface area (Å²) in [6, 6.07) is 12.3. The summed E-state index contributed by atoms with van der Waals surface area (Å²) in [6.07, 6.45) is 2.47. The lowest BCUT2D eigenvalue weighted by molar-refractivity contribution is -0.116. The van der Waals surface area contributed by atoms with Crippen LogP contribution in [0.2, 0.25) is 0 Å². The summed E-state index contributed by atoms with van der Waals surface area (Å²) in [5, 5.41) is 2.63. The zero-order valence-corrected chi connectivity index (χ0v) is 14.4. The zero-order valence-electron chi connectivity index (χ0n) is 13.5. The molecule has 1 saturated carbocycles. The quantitative estimate of drug-likeness (QED) is 0.795. The van der Waals surface area contributed by atoms with Crippen LogP contribution in [0.5, 0.6) is 0 Å². The summed E-state index contributed by atoms with van der Waals surface area (Å²) in [6.45, 7) is 0. The summed E-state index contributed by atoms with van der Waals surface area (Å²) in [7, 11) is -3.45. The lowest BCUT2D eigenvalue weighted by atomic mass is 10.1. The van der Waals surface area contributed by atoms with Crippen molar-refractivity contribution in [3.63, 3.8) is 0 Å². The van der Waals surface area contributed by atoms with E-state index in [-0.39, 0.29) is 23.3 Å². The van der Waals surface area contributed by atoms with E-state index in [2.05, 4.69) is 10.0 Å². The van der Waals surface area contributed by atoms with Gasteiger partial charge in [0.1, 0.15) is 5.82 Å². The molecule has 0 heterocycles. The third-order valence-electron chi connectivity index (χ3n) is 3.88. The second-order valence-corrected chi connectivity index (χ2v) is 7.81. The van der Waals surface area contributed by atoms with E-state index in [9.17, 15) is 17.6 Å². The van der Waals surface area contributed by atoms with Crippen molar-refractivity contribution in [1.82, 2.24) is 4.72 Å². The molecule has 2 N–H and O–H groups in total. The van der Waals surface area contributed by atoms with Crippen molar-refractivity contribution in [1.29, 1.82) is 0 Å². The summed E-state index contributed by atoms with van der Waals surface area (Å²) in [5.74, 6) is -0.632. The Hall–Kier alpha value is -2.25. The third kappa shape index (κ3) is 5.11. The predicted octanol–water partition coefficient (Wildman–Crippen LogP) is 2.84. The molecule has 132 valence electrons. The first-order chi connectivity index (χ1) is 11.9. The highest BCUT2D eigenvalue weighted by atomic mass is 32.2. The minimum absolute atomic E-state index is 0.0659. The minimum Gasteiger partial charge on any atom is -0.326 e. The topological polar surface area (TPSA) is 75.3 Å². The van der Waals surface area contributed by atoms with E-state index in [0.29, 0.717) is 12.1 Å². The molecule has 1 amide bonds. The molecule has 2 aromatic carbocycles. The molecule has 5 nitrogen and oxygen atoms in total. The molecule has 1 aliphatic carbocycles. The molecular weight excluding hydrogens is 343 g/mol. The lowest BCUT2D eigenvalue weighted by Crippen LogP contribution is -2.25. The van der Waals surface area contributed by atoms with Crippen molar-refractivity contribution in [2.45, 2.75) is 36.6 Å². The molecular formula is C18H19FN2O3S. The van der Waals surface area contributed by atoms with Crippen molar-refractivity contribution in [2.75, 3.05) is 5.32 Å². The fraction of sp³-hybridized carbons (Fsp3) is 0.278. The van der Waals surface area contributed by atoms with Gasteiger partial charge in [0.25, 0.3) is 0 Å². The average molecular weight is 362 g/mol. The highest BCUT2D eigenvalue weighted by Gasteiger charge is 2.27. The fourth-order valence-electron chi connectivity index (χ4n) is 2.37. The average Bonchev–Trinajstić information content (AvgIpc) is 3.37. The van der Waals surface area contributed by atoms with Gasteiger partial charge in [-0.3, -0.25) is 4.79 Å². The number of rotatable bonds is 7. The van der Waals surface area contributed by atoms with Crippen LogP contribution in [0.15, 0.2) is 53.4 Å². The van der Waals surface area contributed by atoms with Gasteiger partial charge < -0.3 is 5.32 Å². The van der Waals surface area contributed by atoms with Crippen LogP contribution in [0, 0.1) is 5.82 Å². The van der Waals surface area contributed by atoms with E-state index in [1.165, 1.54) is 18.2 Å². The number of halogens is 1. The maximum atomic E-state index is 13.1. The Morgan fingerprint density at radius 1 is 1.12 bits per heavy atom. The van der Waals surface area contributed by atoms with Crippen LogP contribution < -0.4 is 10.0 Å². The van der Waals surface area contributed by atoms with E-state index in [1.54, 1.807) is 30.3 Å². The van der Waals surface area contributed by atoms with Crippen molar-refractivity contribution in [3.8, 4) is 0 Å². The number of carbonyl (C=O) groups is 1. The Balaban J connectivity index is 1.53. The molecule has 0 spiro atoms. The van der Waals surface area contributed by atoms with Gasteiger partial charge in [0.05, 0.1) is 4.90 Å². The second-order valence-electron chi connectivity index (χ2n) is 6.10. The molecule has 0 atom stereocenters. The molecule has 2 aromatic rings. The Morgan fingerprint density at radius 2 is 1.84 bits per heavy atom. The van der Waals surface area contributed by atoms with Gasteiger partial charge in [0.2, 0.25) is 15.9 Å². The van der Waals surface area contributed by atoms with Gasteiger partial charge in [-0.1, -0.05) is 18.2 Å². The first kappa shape index (κ1) is 17.6. The number of hydrogen-bond donors (Lipinski definition) is 2. The van der Waals surface area contributed by atoms with E-state index >= 15 is 0 Å². The molecule has 0 saturated heterocycles. The monoisotopic (exact) mass is 362 g/mol. The van der Waals surface area contributed by atoms with E-state index in [4.69, 9.17) is 0 Å². The number of sulfonamides is 1. The van der Waals surface area contributed by atoms with Crippen LogP contribution >= 0.6 is 0 Å². The van der Waals surface area contributed by atoms with Gasteiger partial charge in [-0.2, -0.15) is 0 Å². The number of amides is 1. The minimum atomic E-state index is -3.45. The highest BCUT2D eigenvalue weighted by molar-refractivity contribution is 7.89. The van der Waals surface area contributed by atoms with Crippen molar-refractivity contribution in [3.05, 3.63) is 59.9 Å². The van der Waals surface area contributed by atoms with Gasteiger partial charge in [-0.25, -0.2) is 17.5 Å². The Labute approximate surface area is 146 Å². The van der Waals surface area contributed by atoms with E-state index in [0.717, 1.165) is 18.4 Å². The molecule has 0 radical (unpaired) electrons.